The summed E-state index contributed by atoms with van der Waals surface area (Å²) in [7, 11) is 2.04. The number of likely N-dealkylation sites (N-methyl/N-ethyl adjacent to an activating group) is 1. The molecule has 1 fully saturated rings. The van der Waals surface area contributed by atoms with E-state index >= 15 is 0 Å². The smallest absolute Gasteiger partial charge is 0.272 e. The monoisotopic (exact) mass is 304 g/mol. The summed E-state index contributed by atoms with van der Waals surface area (Å²) < 4.78 is 0. The van der Waals surface area contributed by atoms with Gasteiger partial charge in [-0.15, -0.1) is 0 Å². The molecule has 1 aliphatic rings. The van der Waals surface area contributed by atoms with Crippen LogP contribution in [0.25, 0.3) is 0 Å². The van der Waals surface area contributed by atoms with Crippen molar-refractivity contribution < 1.29 is 9.59 Å². The molecule has 6 heteroatoms. The van der Waals surface area contributed by atoms with Gasteiger partial charge in [-0.2, -0.15) is 0 Å². The average molecular weight is 304 g/mol. The maximum atomic E-state index is 12.5. The second-order valence-electron chi connectivity index (χ2n) is 5.81. The fourth-order valence-corrected chi connectivity index (χ4v) is 2.27. The number of hydrogen-bond acceptors (Lipinski definition) is 4. The Balaban J connectivity index is 2.07. The molecule has 0 bridgehead atoms. The fourth-order valence-electron chi connectivity index (χ4n) is 2.27. The minimum absolute atomic E-state index is 0.105. The molecule has 2 heterocycles. The highest BCUT2D eigenvalue weighted by atomic mass is 16.2. The Morgan fingerprint density at radius 2 is 2.00 bits per heavy atom. The Kier molecular flexibility index (Phi) is 5.49. The topological polar surface area (TPSA) is 65.5 Å². The number of pyridine rings is 1. The van der Waals surface area contributed by atoms with Crippen LogP contribution in [0.2, 0.25) is 0 Å². The van der Waals surface area contributed by atoms with Gasteiger partial charge in [-0.1, -0.05) is 6.92 Å². The van der Waals surface area contributed by atoms with E-state index in [2.05, 4.69) is 15.2 Å². The largest absolute Gasteiger partial charge is 0.350 e. The summed E-state index contributed by atoms with van der Waals surface area (Å²) >= 11 is 0. The molecule has 0 spiro atoms. The van der Waals surface area contributed by atoms with Crippen LogP contribution in [-0.4, -0.2) is 65.9 Å². The van der Waals surface area contributed by atoms with Crippen molar-refractivity contribution in [1.29, 1.82) is 0 Å². The van der Waals surface area contributed by atoms with Crippen LogP contribution in [0.3, 0.4) is 0 Å². The van der Waals surface area contributed by atoms with Gasteiger partial charge in [0.15, 0.2) is 0 Å². The summed E-state index contributed by atoms with van der Waals surface area (Å²) in [4.78, 5) is 32.7. The first kappa shape index (κ1) is 16.4. The third-order valence-electron chi connectivity index (χ3n) is 4.02. The van der Waals surface area contributed by atoms with Crippen molar-refractivity contribution in [2.45, 2.75) is 26.3 Å². The third kappa shape index (κ3) is 4.04. The van der Waals surface area contributed by atoms with Gasteiger partial charge >= 0.3 is 0 Å². The number of nitrogens with zero attached hydrogens (tertiary/aromatic N) is 3. The van der Waals surface area contributed by atoms with Crippen LogP contribution in [0.5, 0.6) is 0 Å². The second-order valence-corrected chi connectivity index (χ2v) is 5.81. The highest BCUT2D eigenvalue weighted by Gasteiger charge is 2.22. The van der Waals surface area contributed by atoms with E-state index in [-0.39, 0.29) is 17.9 Å². The van der Waals surface area contributed by atoms with Crippen molar-refractivity contribution in [3.63, 3.8) is 0 Å². The van der Waals surface area contributed by atoms with E-state index in [1.54, 1.807) is 17.0 Å². The molecular weight excluding hydrogens is 280 g/mol. The predicted molar refractivity (Wildman–Crippen MR) is 84.9 cm³/mol. The highest BCUT2D eigenvalue weighted by molar-refractivity contribution is 5.98. The number of carbonyl (C=O) groups excluding carboxylic acids is 2. The average Bonchev–Trinajstić information content (AvgIpc) is 2.54. The number of rotatable bonds is 4. The Labute approximate surface area is 131 Å². The predicted octanol–water partition coefficient (Wildman–Crippen LogP) is 0.998. The summed E-state index contributed by atoms with van der Waals surface area (Å²) in [5.41, 5.74) is 0.814. The number of hydrogen-bond donors (Lipinski definition) is 1. The Morgan fingerprint density at radius 3 is 2.64 bits per heavy atom. The molecule has 1 aromatic rings. The van der Waals surface area contributed by atoms with Crippen molar-refractivity contribution in [2.75, 3.05) is 33.2 Å². The lowest BCUT2D eigenvalue weighted by molar-refractivity contribution is 0.0658. The number of aromatic nitrogens is 1. The van der Waals surface area contributed by atoms with Crippen LogP contribution < -0.4 is 5.32 Å². The van der Waals surface area contributed by atoms with Crippen LogP contribution in [0.1, 0.15) is 41.1 Å². The van der Waals surface area contributed by atoms with Gasteiger partial charge in [0.05, 0.1) is 0 Å². The number of amides is 2. The molecule has 6 nitrogen and oxygen atoms in total. The lowest BCUT2D eigenvalue weighted by Crippen LogP contribution is -2.47. The van der Waals surface area contributed by atoms with Crippen molar-refractivity contribution in [1.82, 2.24) is 20.1 Å². The van der Waals surface area contributed by atoms with E-state index in [1.807, 2.05) is 20.9 Å². The van der Waals surface area contributed by atoms with E-state index in [4.69, 9.17) is 0 Å². The van der Waals surface area contributed by atoms with E-state index in [9.17, 15) is 9.59 Å². The molecule has 22 heavy (non-hydrogen) atoms. The minimum atomic E-state index is -0.163. The van der Waals surface area contributed by atoms with Crippen LogP contribution >= 0.6 is 0 Å². The molecule has 1 aromatic heterocycles. The summed E-state index contributed by atoms with van der Waals surface area (Å²) in [6.45, 7) is 7.08. The molecule has 1 aliphatic heterocycles. The van der Waals surface area contributed by atoms with Gasteiger partial charge in [0.1, 0.15) is 5.69 Å². The van der Waals surface area contributed by atoms with E-state index in [0.717, 1.165) is 19.5 Å². The minimum Gasteiger partial charge on any atom is -0.350 e. The lowest BCUT2D eigenvalue weighted by atomic mass is 10.1. The molecule has 120 valence electrons. The Bertz CT molecular complexity index is 539. The van der Waals surface area contributed by atoms with Gasteiger partial charge in [0.25, 0.3) is 11.8 Å². The third-order valence-corrected chi connectivity index (χ3v) is 4.02. The SMILES string of the molecule is CCC(C)NC(=O)c1ccnc(C(=O)N2CCN(C)CC2)c1. The van der Waals surface area contributed by atoms with Crippen molar-refractivity contribution in [3.05, 3.63) is 29.6 Å². The zero-order valence-corrected chi connectivity index (χ0v) is 13.5. The van der Waals surface area contributed by atoms with E-state index < -0.39 is 0 Å². The molecule has 1 unspecified atom stereocenters. The number of piperazine rings is 1. The first-order valence-corrected chi connectivity index (χ1v) is 7.76. The van der Waals surface area contributed by atoms with Gasteiger partial charge in [0.2, 0.25) is 0 Å². The maximum Gasteiger partial charge on any atom is 0.272 e. The van der Waals surface area contributed by atoms with Crippen LogP contribution in [-0.2, 0) is 0 Å². The molecule has 1 atom stereocenters. The molecule has 0 radical (unpaired) electrons. The van der Waals surface area contributed by atoms with Gasteiger partial charge in [-0.25, -0.2) is 0 Å². The highest BCUT2D eigenvalue weighted by Crippen LogP contribution is 2.09. The summed E-state index contributed by atoms with van der Waals surface area (Å²) in [6, 6.07) is 3.33. The van der Waals surface area contributed by atoms with Gasteiger partial charge < -0.3 is 15.1 Å². The van der Waals surface area contributed by atoms with Crippen LogP contribution in [0.4, 0.5) is 0 Å². The molecule has 0 aromatic carbocycles. The molecular formula is C16H24N4O2. The molecule has 1 saturated heterocycles. The van der Waals surface area contributed by atoms with Crippen molar-refractivity contribution >= 4 is 11.8 Å². The van der Waals surface area contributed by atoms with Crippen molar-refractivity contribution in [2.24, 2.45) is 0 Å². The molecule has 2 rings (SSSR count). The number of carbonyl (C=O) groups is 2. The Morgan fingerprint density at radius 1 is 1.32 bits per heavy atom. The zero-order valence-electron chi connectivity index (χ0n) is 13.5. The van der Waals surface area contributed by atoms with E-state index in [0.29, 0.717) is 24.3 Å². The summed E-state index contributed by atoms with van der Waals surface area (Å²) in [5, 5.41) is 2.90. The Hall–Kier alpha value is -1.95. The summed E-state index contributed by atoms with van der Waals surface area (Å²) in [6.07, 6.45) is 2.39. The lowest BCUT2D eigenvalue weighted by Gasteiger charge is -2.32. The standard InChI is InChI=1S/C16H24N4O2/c1-4-12(2)18-15(21)13-5-6-17-14(11-13)16(22)20-9-7-19(3)8-10-20/h5-6,11-12H,4,7-10H2,1-3H3,(H,18,21). The zero-order chi connectivity index (χ0) is 16.1. The number of nitrogens with one attached hydrogen (secondary N) is 1. The molecule has 2 amide bonds. The molecule has 1 N–H and O–H groups in total. The molecule has 0 saturated carbocycles. The van der Waals surface area contributed by atoms with Gasteiger partial charge in [-0.3, -0.25) is 14.6 Å². The second kappa shape index (κ2) is 7.35. The van der Waals surface area contributed by atoms with Gasteiger partial charge in [0, 0.05) is 44.0 Å². The normalized spacial score (nSPS) is 17.1. The van der Waals surface area contributed by atoms with Crippen molar-refractivity contribution in [3.8, 4) is 0 Å². The van der Waals surface area contributed by atoms with Crippen LogP contribution in [0.15, 0.2) is 18.3 Å². The quantitative estimate of drug-likeness (QED) is 0.901. The van der Waals surface area contributed by atoms with Crippen LogP contribution in [0, 0.1) is 0 Å². The van der Waals surface area contributed by atoms with Gasteiger partial charge in [-0.05, 0) is 32.5 Å². The summed E-state index contributed by atoms with van der Waals surface area (Å²) in [5.74, 6) is -0.268. The first-order chi connectivity index (χ1) is 10.5. The fraction of sp³-hybridized carbons (Fsp3) is 0.562. The first-order valence-electron chi connectivity index (χ1n) is 7.76. The molecule has 0 aliphatic carbocycles. The van der Waals surface area contributed by atoms with E-state index in [1.165, 1.54) is 6.20 Å². The maximum absolute atomic E-state index is 12.5.